The van der Waals surface area contributed by atoms with Crippen LogP contribution in [0.5, 0.6) is 0 Å². The summed E-state index contributed by atoms with van der Waals surface area (Å²) in [4.78, 5) is 0. The molecule has 70 valence electrons. The molecule has 1 N–H and O–H groups in total. The number of hydrogen-bond donors (Lipinski definition) is 1. The van der Waals surface area contributed by atoms with Crippen molar-refractivity contribution in [1.29, 1.82) is 0 Å². The van der Waals surface area contributed by atoms with E-state index in [4.69, 9.17) is 4.55 Å². The first-order valence-electron chi connectivity index (χ1n) is 2.33. The zero-order valence-electron chi connectivity index (χ0n) is 5.32. The predicted molar refractivity (Wildman–Crippen MR) is 56.8 cm³/mol. The second-order valence-electron chi connectivity index (χ2n) is 1.66. The second kappa shape index (κ2) is 4.39. The highest BCUT2D eigenvalue weighted by Gasteiger charge is 2.14. The lowest BCUT2D eigenvalue weighted by molar-refractivity contribution is 0.485. The first-order chi connectivity index (χ1) is 4.91. The van der Waals surface area contributed by atoms with Crippen molar-refractivity contribution in [2.75, 3.05) is 0 Å². The fourth-order valence-corrected chi connectivity index (χ4v) is 3.64. The Morgan fingerprint density at radius 2 is 1.92 bits per heavy atom. The molecule has 0 fully saturated rings. The van der Waals surface area contributed by atoms with Crippen LogP contribution >= 0.6 is 55.6 Å². The molecule has 0 aromatic carbocycles. The summed E-state index contributed by atoms with van der Waals surface area (Å²) in [6.07, 6.45) is 0. The van der Waals surface area contributed by atoms with E-state index in [0.29, 0.717) is 8.26 Å². The molecule has 1 rings (SSSR count). The summed E-state index contributed by atoms with van der Waals surface area (Å²) in [5, 5.41) is 0. The zero-order chi connectivity index (χ0) is 8.65. The molecule has 0 radical (unpaired) electrons. The molecule has 1 aromatic rings. The third kappa shape index (κ3) is 2.97. The average Bonchev–Trinajstić information content (AvgIpc) is 2.11. The Balaban J connectivity index is 0.00000121. The number of rotatable bonds is 1. The van der Waals surface area contributed by atoms with Crippen molar-refractivity contribution >= 4 is 65.7 Å². The molecule has 0 bridgehead atoms. The van der Waals surface area contributed by atoms with Crippen LogP contribution in [0.25, 0.3) is 0 Å². The van der Waals surface area contributed by atoms with E-state index in [-0.39, 0.29) is 16.6 Å². The van der Waals surface area contributed by atoms with E-state index in [1.54, 1.807) is 0 Å². The molecule has 0 spiro atoms. The molecular weight excluding hydrogens is 355 g/mol. The molecule has 3 nitrogen and oxygen atoms in total. The minimum absolute atomic E-state index is 0. The minimum atomic E-state index is -4.05. The molecule has 0 atom stereocenters. The number of thiophene rings is 1. The molecule has 1 aromatic heterocycles. The molecular formula is C4H3Br2ClO3S2. The van der Waals surface area contributed by atoms with Gasteiger partial charge in [0.2, 0.25) is 0 Å². The van der Waals surface area contributed by atoms with Gasteiger partial charge in [-0.05, 0) is 37.9 Å². The van der Waals surface area contributed by atoms with E-state index < -0.39 is 10.1 Å². The molecule has 12 heavy (non-hydrogen) atoms. The van der Waals surface area contributed by atoms with E-state index >= 15 is 0 Å². The van der Waals surface area contributed by atoms with Gasteiger partial charge in [-0.3, -0.25) is 4.55 Å². The van der Waals surface area contributed by atoms with Crippen LogP contribution in [-0.2, 0) is 10.1 Å². The Kier molecular flexibility index (Phi) is 4.70. The topological polar surface area (TPSA) is 54.4 Å². The van der Waals surface area contributed by atoms with Crippen LogP contribution in [0.1, 0.15) is 0 Å². The summed E-state index contributed by atoms with van der Waals surface area (Å²) in [6, 6.07) is 1.34. The van der Waals surface area contributed by atoms with Crippen molar-refractivity contribution in [3.8, 4) is 0 Å². The average molecular weight is 358 g/mol. The van der Waals surface area contributed by atoms with Crippen molar-refractivity contribution in [2.45, 2.75) is 4.21 Å². The standard InChI is InChI=1S/C4H2Br2O3S2.ClH/c5-2-1-3(10-4(2)6)11(7,8)9;/h1H,(H,7,8,9);1H. The van der Waals surface area contributed by atoms with Gasteiger partial charge < -0.3 is 0 Å². The van der Waals surface area contributed by atoms with Crippen LogP contribution in [0.2, 0.25) is 0 Å². The first kappa shape index (κ1) is 12.9. The Hall–Kier alpha value is 0.860. The smallest absolute Gasteiger partial charge is 0.281 e. The third-order valence-corrected chi connectivity index (χ3v) is 5.44. The van der Waals surface area contributed by atoms with E-state index in [0.717, 1.165) is 11.3 Å². The molecule has 0 amide bonds. The van der Waals surface area contributed by atoms with Crippen molar-refractivity contribution in [2.24, 2.45) is 0 Å². The first-order valence-corrected chi connectivity index (χ1v) is 6.18. The quantitative estimate of drug-likeness (QED) is 0.786. The van der Waals surface area contributed by atoms with Crippen molar-refractivity contribution in [1.82, 2.24) is 0 Å². The highest BCUT2D eigenvalue weighted by molar-refractivity contribution is 9.13. The normalized spacial score (nSPS) is 10.9. The molecule has 0 aliphatic heterocycles. The van der Waals surface area contributed by atoms with Gasteiger partial charge in [0, 0.05) is 4.47 Å². The van der Waals surface area contributed by atoms with E-state index in [9.17, 15) is 8.42 Å². The largest absolute Gasteiger partial charge is 0.304 e. The lowest BCUT2D eigenvalue weighted by Gasteiger charge is -1.85. The monoisotopic (exact) mass is 356 g/mol. The van der Waals surface area contributed by atoms with Crippen molar-refractivity contribution < 1.29 is 13.0 Å². The van der Waals surface area contributed by atoms with E-state index in [2.05, 4.69) is 31.9 Å². The molecule has 8 heteroatoms. The Morgan fingerprint density at radius 1 is 1.42 bits per heavy atom. The predicted octanol–water partition coefficient (Wildman–Crippen LogP) is 2.94. The summed E-state index contributed by atoms with van der Waals surface area (Å²) < 4.78 is 30.8. The molecule has 0 saturated heterocycles. The van der Waals surface area contributed by atoms with Crippen LogP contribution in [-0.4, -0.2) is 13.0 Å². The van der Waals surface area contributed by atoms with Gasteiger partial charge in [0.25, 0.3) is 0 Å². The van der Waals surface area contributed by atoms with Gasteiger partial charge in [-0.1, -0.05) is 0 Å². The van der Waals surface area contributed by atoms with Gasteiger partial charge in [-0.2, -0.15) is 8.42 Å². The molecule has 1 heterocycles. The van der Waals surface area contributed by atoms with Gasteiger partial charge in [0.1, 0.15) is 4.21 Å². The van der Waals surface area contributed by atoms with Crippen molar-refractivity contribution in [3.05, 3.63) is 14.3 Å². The summed E-state index contributed by atoms with van der Waals surface area (Å²) >= 11 is 7.15. The number of halogens is 3. The highest BCUT2D eigenvalue weighted by atomic mass is 79.9. The Morgan fingerprint density at radius 3 is 2.08 bits per heavy atom. The van der Waals surface area contributed by atoms with Gasteiger partial charge in [-0.15, -0.1) is 23.7 Å². The second-order valence-corrected chi connectivity index (χ2v) is 6.53. The minimum Gasteiger partial charge on any atom is -0.281 e. The fraction of sp³-hybridized carbons (Fsp3) is 0. The summed E-state index contributed by atoms with van der Waals surface area (Å²) in [6.45, 7) is 0. The maximum Gasteiger partial charge on any atom is 0.304 e. The van der Waals surface area contributed by atoms with Crippen LogP contribution in [0.3, 0.4) is 0 Å². The van der Waals surface area contributed by atoms with Crippen LogP contribution in [0.15, 0.2) is 18.5 Å². The lowest BCUT2D eigenvalue weighted by atomic mass is 10.7. The van der Waals surface area contributed by atoms with Gasteiger partial charge in [0.05, 0.1) is 3.79 Å². The number of hydrogen-bond acceptors (Lipinski definition) is 3. The Labute approximate surface area is 96.6 Å². The zero-order valence-corrected chi connectivity index (χ0v) is 10.9. The van der Waals surface area contributed by atoms with Gasteiger partial charge >= 0.3 is 10.1 Å². The SMILES string of the molecule is Cl.O=S(=O)(O)c1cc(Br)c(Br)s1. The van der Waals surface area contributed by atoms with Crippen LogP contribution < -0.4 is 0 Å². The summed E-state index contributed by atoms with van der Waals surface area (Å²) in [5.41, 5.74) is 0. The molecule has 0 aliphatic carbocycles. The molecule has 0 unspecified atom stereocenters. The fourth-order valence-electron chi connectivity index (χ4n) is 0.454. The molecule has 0 aliphatic rings. The van der Waals surface area contributed by atoms with Gasteiger partial charge in [0.15, 0.2) is 0 Å². The van der Waals surface area contributed by atoms with Crippen molar-refractivity contribution in [3.63, 3.8) is 0 Å². The van der Waals surface area contributed by atoms with Crippen LogP contribution in [0, 0.1) is 0 Å². The molecule has 0 saturated carbocycles. The maximum atomic E-state index is 10.5. The third-order valence-electron chi connectivity index (χ3n) is 0.877. The Bertz CT molecular complexity index is 352. The lowest BCUT2D eigenvalue weighted by Crippen LogP contribution is -1.93. The van der Waals surface area contributed by atoms with Gasteiger partial charge in [-0.25, -0.2) is 0 Å². The summed E-state index contributed by atoms with van der Waals surface area (Å²) in [5.74, 6) is 0. The van der Waals surface area contributed by atoms with Crippen LogP contribution in [0.4, 0.5) is 0 Å². The highest BCUT2D eigenvalue weighted by Crippen LogP contribution is 2.34. The van der Waals surface area contributed by atoms with E-state index in [1.165, 1.54) is 6.07 Å². The maximum absolute atomic E-state index is 10.5. The summed E-state index contributed by atoms with van der Waals surface area (Å²) in [7, 11) is -4.05. The van der Waals surface area contributed by atoms with E-state index in [1.807, 2.05) is 0 Å².